The third-order valence-electron chi connectivity index (χ3n) is 6.29. The van der Waals surface area contributed by atoms with E-state index in [1.54, 1.807) is 10.7 Å². The van der Waals surface area contributed by atoms with Crippen LogP contribution in [0.15, 0.2) is 30.3 Å². The Labute approximate surface area is 194 Å². The second kappa shape index (κ2) is 10.2. The number of aromatic nitrogens is 2. The van der Waals surface area contributed by atoms with Crippen LogP contribution in [0.1, 0.15) is 44.9 Å². The average Bonchev–Trinajstić information content (AvgIpc) is 3.18. The quantitative estimate of drug-likeness (QED) is 0.710. The van der Waals surface area contributed by atoms with Gasteiger partial charge in [-0.05, 0) is 26.0 Å². The van der Waals surface area contributed by atoms with Crippen LogP contribution >= 0.6 is 0 Å². The van der Waals surface area contributed by atoms with Gasteiger partial charge >= 0.3 is 0 Å². The first kappa shape index (κ1) is 23.0. The fourth-order valence-electron chi connectivity index (χ4n) is 4.20. The maximum absolute atomic E-state index is 13.1. The van der Waals surface area contributed by atoms with Crippen molar-refractivity contribution in [2.75, 3.05) is 46.3 Å². The molecule has 2 aliphatic rings. The number of hydrogen-bond acceptors (Lipinski definition) is 5. The number of amides is 3. The molecule has 1 aromatic heterocycles. The molecule has 33 heavy (non-hydrogen) atoms. The zero-order valence-electron chi connectivity index (χ0n) is 19.4. The first-order chi connectivity index (χ1) is 15.9. The molecule has 2 aliphatic heterocycles. The van der Waals surface area contributed by atoms with Gasteiger partial charge in [0.25, 0.3) is 11.8 Å². The number of carbonyl (C=O) groups excluding carboxylic acids is 3. The van der Waals surface area contributed by atoms with Crippen LogP contribution in [0, 0.1) is 6.92 Å². The topological polar surface area (TPSA) is 90.8 Å². The fourth-order valence-corrected chi connectivity index (χ4v) is 4.20. The van der Waals surface area contributed by atoms with Gasteiger partial charge in [0.1, 0.15) is 5.69 Å². The maximum Gasteiger partial charge on any atom is 0.272 e. The summed E-state index contributed by atoms with van der Waals surface area (Å²) in [6.07, 6.45) is 1.03. The van der Waals surface area contributed by atoms with E-state index in [0.717, 1.165) is 38.2 Å². The van der Waals surface area contributed by atoms with Crippen LogP contribution in [0.3, 0.4) is 0 Å². The summed E-state index contributed by atoms with van der Waals surface area (Å²) in [4.78, 5) is 43.9. The number of nitrogens with one attached hydrogen (secondary N) is 1. The van der Waals surface area contributed by atoms with Crippen LogP contribution in [0.4, 0.5) is 0 Å². The molecular weight excluding hydrogens is 420 g/mol. The number of piperazine rings is 1. The second-order valence-electron chi connectivity index (χ2n) is 8.89. The number of hydrogen-bond donors (Lipinski definition) is 1. The molecule has 4 rings (SSSR count). The molecule has 3 amide bonds. The Bertz CT molecular complexity index is 1010. The first-order valence-corrected chi connectivity index (χ1v) is 11.6. The smallest absolute Gasteiger partial charge is 0.272 e. The van der Waals surface area contributed by atoms with E-state index >= 15 is 0 Å². The minimum absolute atomic E-state index is 0.0472. The monoisotopic (exact) mass is 452 g/mol. The van der Waals surface area contributed by atoms with E-state index in [1.165, 1.54) is 5.56 Å². The number of benzene rings is 1. The number of rotatable bonds is 6. The van der Waals surface area contributed by atoms with Crippen LogP contribution < -0.4 is 5.32 Å². The van der Waals surface area contributed by atoms with E-state index in [1.807, 2.05) is 48.0 Å². The van der Waals surface area contributed by atoms with Gasteiger partial charge in [-0.2, -0.15) is 5.10 Å². The van der Waals surface area contributed by atoms with Crippen LogP contribution in [0.25, 0.3) is 0 Å². The summed E-state index contributed by atoms with van der Waals surface area (Å²) in [6.45, 7) is 7.22. The minimum atomic E-state index is -0.361. The van der Waals surface area contributed by atoms with E-state index in [0.29, 0.717) is 25.3 Å². The highest BCUT2D eigenvalue weighted by Gasteiger charge is 2.26. The number of likely N-dealkylation sites (N-methyl/N-ethyl adjacent to an activating group) is 1. The molecule has 0 bridgehead atoms. The van der Waals surface area contributed by atoms with Crippen molar-refractivity contribution < 1.29 is 14.4 Å². The Morgan fingerprint density at radius 3 is 2.48 bits per heavy atom. The molecular formula is C24H32N6O3. The van der Waals surface area contributed by atoms with E-state index in [9.17, 15) is 14.4 Å². The lowest BCUT2D eigenvalue weighted by Gasteiger charge is -2.32. The number of nitrogens with zero attached hydrogens (tertiary/aromatic N) is 5. The lowest BCUT2D eigenvalue weighted by molar-refractivity contribution is -0.132. The van der Waals surface area contributed by atoms with Gasteiger partial charge in [-0.25, -0.2) is 0 Å². The molecule has 176 valence electrons. The molecule has 1 saturated heterocycles. The van der Waals surface area contributed by atoms with Crippen LogP contribution in [-0.4, -0.2) is 88.5 Å². The predicted molar refractivity (Wildman–Crippen MR) is 124 cm³/mol. The van der Waals surface area contributed by atoms with Gasteiger partial charge < -0.3 is 20.0 Å². The molecule has 1 N–H and O–H groups in total. The Kier molecular flexibility index (Phi) is 7.08. The first-order valence-electron chi connectivity index (χ1n) is 11.6. The Balaban J connectivity index is 1.33. The van der Waals surface area contributed by atoms with Gasteiger partial charge in [-0.3, -0.25) is 19.1 Å². The largest absolute Gasteiger partial charge is 0.350 e. The van der Waals surface area contributed by atoms with Crippen molar-refractivity contribution in [3.63, 3.8) is 0 Å². The fraction of sp³-hybridized carbons (Fsp3) is 0.500. The second-order valence-corrected chi connectivity index (χ2v) is 8.89. The molecule has 0 atom stereocenters. The van der Waals surface area contributed by atoms with Crippen molar-refractivity contribution >= 4 is 17.7 Å². The summed E-state index contributed by atoms with van der Waals surface area (Å²) >= 11 is 0. The molecule has 0 saturated carbocycles. The standard InChI is InChI=1S/C24H32N6O3/c1-18-4-6-19(7-5-18)17-29-10-3-11-30-21(24(29)33)16-20(26-30)23(32)25-9-8-22(31)28-14-12-27(2)13-15-28/h4-7,16H,3,8-15,17H2,1-2H3,(H,25,32). The molecule has 0 spiro atoms. The van der Waals surface area contributed by atoms with Gasteiger partial charge in [-0.15, -0.1) is 0 Å². The van der Waals surface area contributed by atoms with Crippen LogP contribution in [-0.2, 0) is 17.9 Å². The average molecular weight is 453 g/mol. The highest BCUT2D eigenvalue weighted by atomic mass is 16.2. The number of aryl methyl sites for hydroxylation is 2. The lowest BCUT2D eigenvalue weighted by Crippen LogP contribution is -2.47. The third-order valence-corrected chi connectivity index (χ3v) is 6.29. The molecule has 9 heteroatoms. The van der Waals surface area contributed by atoms with Crippen molar-refractivity contribution in [1.29, 1.82) is 0 Å². The summed E-state index contributed by atoms with van der Waals surface area (Å²) < 4.78 is 1.63. The van der Waals surface area contributed by atoms with Crippen LogP contribution in [0.2, 0.25) is 0 Å². The Morgan fingerprint density at radius 1 is 1.03 bits per heavy atom. The Morgan fingerprint density at radius 2 is 1.76 bits per heavy atom. The summed E-state index contributed by atoms with van der Waals surface area (Å²) in [5.41, 5.74) is 2.89. The van der Waals surface area contributed by atoms with Crippen molar-refractivity contribution in [3.05, 3.63) is 52.8 Å². The molecule has 0 radical (unpaired) electrons. The van der Waals surface area contributed by atoms with Gasteiger partial charge in [0.05, 0.1) is 0 Å². The molecule has 1 aromatic carbocycles. The molecule has 1 fully saturated rings. The normalized spacial score (nSPS) is 17.0. The van der Waals surface area contributed by atoms with Gasteiger partial charge in [0.2, 0.25) is 5.91 Å². The van der Waals surface area contributed by atoms with E-state index in [2.05, 4.69) is 15.3 Å². The summed E-state index contributed by atoms with van der Waals surface area (Å²) in [6, 6.07) is 9.71. The van der Waals surface area contributed by atoms with Gasteiger partial charge in [0.15, 0.2) is 5.69 Å². The molecule has 2 aromatic rings. The summed E-state index contributed by atoms with van der Waals surface area (Å²) in [5.74, 6) is -0.435. The third kappa shape index (κ3) is 5.60. The molecule has 0 unspecified atom stereocenters. The summed E-state index contributed by atoms with van der Waals surface area (Å²) in [7, 11) is 2.04. The summed E-state index contributed by atoms with van der Waals surface area (Å²) in [5, 5.41) is 7.14. The van der Waals surface area contributed by atoms with E-state index < -0.39 is 0 Å². The van der Waals surface area contributed by atoms with Crippen molar-refractivity contribution in [2.45, 2.75) is 32.9 Å². The van der Waals surface area contributed by atoms with Gasteiger partial charge in [-0.1, -0.05) is 29.8 Å². The molecule has 0 aliphatic carbocycles. The maximum atomic E-state index is 13.1. The zero-order valence-corrected chi connectivity index (χ0v) is 19.4. The number of carbonyl (C=O) groups is 3. The van der Waals surface area contributed by atoms with E-state index in [4.69, 9.17) is 0 Å². The minimum Gasteiger partial charge on any atom is -0.350 e. The van der Waals surface area contributed by atoms with Crippen molar-refractivity contribution in [2.24, 2.45) is 0 Å². The predicted octanol–water partition coefficient (Wildman–Crippen LogP) is 1.13. The zero-order chi connectivity index (χ0) is 23.4. The number of fused-ring (bicyclic) bond motifs is 1. The SMILES string of the molecule is Cc1ccc(CN2CCCn3nc(C(=O)NCCC(=O)N4CCN(C)CC4)cc3C2=O)cc1. The lowest BCUT2D eigenvalue weighted by atomic mass is 10.1. The highest BCUT2D eigenvalue weighted by Crippen LogP contribution is 2.17. The highest BCUT2D eigenvalue weighted by molar-refractivity contribution is 5.98. The Hall–Kier alpha value is -3.20. The van der Waals surface area contributed by atoms with Crippen molar-refractivity contribution in [1.82, 2.24) is 29.8 Å². The molecule has 3 heterocycles. The molecule has 9 nitrogen and oxygen atoms in total. The van der Waals surface area contributed by atoms with Gasteiger partial charge in [0, 0.05) is 64.8 Å². The van der Waals surface area contributed by atoms with Crippen LogP contribution in [0.5, 0.6) is 0 Å². The van der Waals surface area contributed by atoms with E-state index in [-0.39, 0.29) is 36.4 Å². The van der Waals surface area contributed by atoms with Crippen molar-refractivity contribution in [3.8, 4) is 0 Å².